The first kappa shape index (κ1) is 19.0. The van der Waals surface area contributed by atoms with E-state index in [1.165, 1.54) is 17.6 Å². The van der Waals surface area contributed by atoms with Crippen LogP contribution in [-0.2, 0) is 35.6 Å². The number of hydrogen-bond donors (Lipinski definition) is 1. The molecular formula is C18H20N4O4S. The van der Waals surface area contributed by atoms with Gasteiger partial charge in [-0.2, -0.15) is 9.40 Å². The smallest absolute Gasteiger partial charge is 0.339 e. The number of carbonyl (C=O) groups excluding carboxylic acids is 1. The van der Waals surface area contributed by atoms with Crippen LogP contribution in [0, 0.1) is 0 Å². The zero-order valence-corrected chi connectivity index (χ0v) is 15.9. The average Bonchev–Trinajstić information content (AvgIpc) is 3.05. The number of ether oxygens (including phenoxy) is 1. The van der Waals surface area contributed by atoms with E-state index in [-0.39, 0.29) is 6.54 Å². The third-order valence-electron chi connectivity index (χ3n) is 4.29. The fraction of sp³-hybridized carbons (Fsp3) is 0.278. The number of aryl methyl sites for hydroxylation is 1. The highest BCUT2D eigenvalue weighted by atomic mass is 32.2. The van der Waals surface area contributed by atoms with Gasteiger partial charge in [0.1, 0.15) is 0 Å². The molecule has 0 atom stereocenters. The molecule has 0 N–H and O–H groups in total. The van der Waals surface area contributed by atoms with Gasteiger partial charge in [0.05, 0.1) is 36.6 Å². The number of thiol groups is 1. The molecule has 0 saturated heterocycles. The molecule has 0 fully saturated rings. The standard InChI is InChI=1S/C18H20N4O4S/c1-21-17-9-13(3-4-14(17)11-20-21)7-8-22(27(24)25)12-16-6-5-15(10-19-16)18(23)26-2/h3-6,9-11,27H,7-8,12H2,1-2H3. The van der Waals surface area contributed by atoms with Crippen molar-refractivity contribution in [1.29, 1.82) is 0 Å². The minimum Gasteiger partial charge on any atom is -0.465 e. The summed E-state index contributed by atoms with van der Waals surface area (Å²) in [6.45, 7) is 0.483. The fourth-order valence-electron chi connectivity index (χ4n) is 2.77. The van der Waals surface area contributed by atoms with E-state index >= 15 is 0 Å². The van der Waals surface area contributed by atoms with Crippen LogP contribution < -0.4 is 0 Å². The van der Waals surface area contributed by atoms with Crippen LogP contribution in [0.4, 0.5) is 0 Å². The topological polar surface area (TPSA) is 94.4 Å². The van der Waals surface area contributed by atoms with Crippen molar-refractivity contribution in [3.8, 4) is 0 Å². The zero-order chi connectivity index (χ0) is 19.4. The second-order valence-electron chi connectivity index (χ2n) is 6.07. The number of rotatable bonds is 7. The van der Waals surface area contributed by atoms with E-state index in [1.807, 2.05) is 25.2 Å². The van der Waals surface area contributed by atoms with E-state index in [0.29, 0.717) is 24.2 Å². The Balaban J connectivity index is 1.68. The number of benzene rings is 1. The number of hydrogen-bond acceptors (Lipinski definition) is 6. The zero-order valence-electron chi connectivity index (χ0n) is 15.0. The molecule has 0 saturated carbocycles. The first-order valence-electron chi connectivity index (χ1n) is 8.31. The molecule has 0 radical (unpaired) electrons. The predicted octanol–water partition coefficient (Wildman–Crippen LogP) is 1.33. The Kier molecular flexibility index (Phi) is 5.82. The molecule has 27 heavy (non-hydrogen) atoms. The number of aromatic nitrogens is 3. The van der Waals surface area contributed by atoms with Crippen LogP contribution in [0.3, 0.4) is 0 Å². The molecule has 142 valence electrons. The molecule has 2 heterocycles. The Morgan fingerprint density at radius 3 is 2.70 bits per heavy atom. The van der Waals surface area contributed by atoms with E-state index < -0.39 is 16.9 Å². The van der Waals surface area contributed by atoms with Crippen LogP contribution >= 0.6 is 0 Å². The molecule has 8 nitrogen and oxygen atoms in total. The largest absolute Gasteiger partial charge is 0.465 e. The molecule has 2 aromatic heterocycles. The maximum absolute atomic E-state index is 11.6. The summed E-state index contributed by atoms with van der Waals surface area (Å²) in [6, 6.07) is 9.16. The van der Waals surface area contributed by atoms with Gasteiger partial charge in [-0.05, 0) is 30.2 Å². The van der Waals surface area contributed by atoms with E-state index in [1.54, 1.807) is 23.0 Å². The lowest BCUT2D eigenvalue weighted by molar-refractivity contribution is 0.0600. The molecular weight excluding hydrogens is 368 g/mol. The second kappa shape index (κ2) is 8.28. The summed E-state index contributed by atoms with van der Waals surface area (Å²) in [6.07, 6.45) is 3.75. The molecule has 0 aliphatic rings. The lowest BCUT2D eigenvalue weighted by Crippen LogP contribution is -2.24. The molecule has 0 aliphatic carbocycles. The van der Waals surface area contributed by atoms with Gasteiger partial charge < -0.3 is 4.74 Å². The van der Waals surface area contributed by atoms with Crippen molar-refractivity contribution in [3.05, 3.63) is 59.5 Å². The summed E-state index contributed by atoms with van der Waals surface area (Å²) < 4.78 is 31.0. The second-order valence-corrected chi connectivity index (χ2v) is 7.11. The predicted molar refractivity (Wildman–Crippen MR) is 101 cm³/mol. The van der Waals surface area contributed by atoms with Crippen molar-refractivity contribution in [3.63, 3.8) is 0 Å². The van der Waals surface area contributed by atoms with Gasteiger partial charge in [-0.15, -0.1) is 0 Å². The quantitative estimate of drug-likeness (QED) is 0.485. The summed E-state index contributed by atoms with van der Waals surface area (Å²) in [4.78, 5) is 15.6. The minimum atomic E-state index is -2.75. The monoisotopic (exact) mass is 388 g/mol. The van der Waals surface area contributed by atoms with Crippen LogP contribution in [-0.4, -0.2) is 47.1 Å². The number of esters is 1. The van der Waals surface area contributed by atoms with Crippen molar-refractivity contribution >= 4 is 27.8 Å². The van der Waals surface area contributed by atoms with Crippen LogP contribution in [0.1, 0.15) is 21.6 Å². The van der Waals surface area contributed by atoms with Gasteiger partial charge >= 0.3 is 5.97 Å². The molecule has 0 aliphatic heterocycles. The number of pyridine rings is 1. The molecule has 0 unspecified atom stereocenters. The van der Waals surface area contributed by atoms with Gasteiger partial charge in [-0.25, -0.2) is 13.2 Å². The highest BCUT2D eigenvalue weighted by molar-refractivity contribution is 7.69. The van der Waals surface area contributed by atoms with Crippen molar-refractivity contribution in [2.75, 3.05) is 13.7 Å². The van der Waals surface area contributed by atoms with Crippen LogP contribution in [0.5, 0.6) is 0 Å². The Labute approximate surface area is 158 Å². The summed E-state index contributed by atoms with van der Waals surface area (Å²) in [7, 11) is 0.412. The molecule has 0 bridgehead atoms. The summed E-state index contributed by atoms with van der Waals surface area (Å²) in [5.74, 6) is -0.480. The van der Waals surface area contributed by atoms with E-state index in [2.05, 4.69) is 14.8 Å². The molecule has 3 aromatic rings. The maximum Gasteiger partial charge on any atom is 0.339 e. The SMILES string of the molecule is COC(=O)c1ccc(CN(CCc2ccc3cnn(C)c3c2)[SH](=O)=O)nc1. The lowest BCUT2D eigenvalue weighted by atomic mass is 10.1. The number of fused-ring (bicyclic) bond motifs is 1. The highest BCUT2D eigenvalue weighted by Gasteiger charge is 2.12. The first-order chi connectivity index (χ1) is 13.0. The van der Waals surface area contributed by atoms with Crippen molar-refractivity contribution < 1.29 is 17.9 Å². The Morgan fingerprint density at radius 2 is 2.04 bits per heavy atom. The summed E-state index contributed by atoms with van der Waals surface area (Å²) in [5, 5.41) is 5.25. The van der Waals surface area contributed by atoms with Crippen molar-refractivity contribution in [2.45, 2.75) is 13.0 Å². The van der Waals surface area contributed by atoms with Crippen LogP contribution in [0.15, 0.2) is 42.7 Å². The fourth-order valence-corrected chi connectivity index (χ4v) is 3.29. The van der Waals surface area contributed by atoms with Gasteiger partial charge in [0, 0.05) is 25.2 Å². The first-order valence-corrected chi connectivity index (χ1v) is 9.44. The Hall–Kier alpha value is -2.78. The number of carbonyl (C=O) groups is 1. The van der Waals surface area contributed by atoms with Gasteiger partial charge in [0.2, 0.25) is 10.9 Å². The van der Waals surface area contributed by atoms with Gasteiger partial charge in [0.25, 0.3) is 0 Å². The maximum atomic E-state index is 11.6. The van der Waals surface area contributed by atoms with Gasteiger partial charge in [0.15, 0.2) is 0 Å². The van der Waals surface area contributed by atoms with E-state index in [0.717, 1.165) is 16.5 Å². The minimum absolute atomic E-state index is 0.147. The van der Waals surface area contributed by atoms with Gasteiger partial charge in [-0.3, -0.25) is 9.67 Å². The molecule has 0 amide bonds. The lowest BCUT2D eigenvalue weighted by Gasteiger charge is -2.15. The molecule has 9 heteroatoms. The molecule has 3 rings (SSSR count). The van der Waals surface area contributed by atoms with Gasteiger partial charge in [-0.1, -0.05) is 12.1 Å². The number of methoxy groups -OCH3 is 1. The van der Waals surface area contributed by atoms with Crippen LogP contribution in [0.2, 0.25) is 0 Å². The summed E-state index contributed by atoms with van der Waals surface area (Å²) in [5.41, 5.74) is 2.92. The third-order valence-corrected chi connectivity index (χ3v) is 5.10. The molecule has 0 spiro atoms. The summed E-state index contributed by atoms with van der Waals surface area (Å²) >= 11 is 0. The normalized spacial score (nSPS) is 11.4. The van der Waals surface area contributed by atoms with Crippen molar-refractivity contribution in [2.24, 2.45) is 7.05 Å². The Bertz CT molecular complexity index is 1020. The molecule has 1 aromatic carbocycles. The highest BCUT2D eigenvalue weighted by Crippen LogP contribution is 2.16. The van der Waals surface area contributed by atoms with E-state index in [4.69, 9.17) is 0 Å². The van der Waals surface area contributed by atoms with Crippen molar-refractivity contribution in [1.82, 2.24) is 19.1 Å². The van der Waals surface area contributed by atoms with Crippen LogP contribution in [0.25, 0.3) is 10.9 Å². The number of nitrogens with zero attached hydrogens (tertiary/aromatic N) is 4. The third kappa shape index (κ3) is 4.50. The average molecular weight is 388 g/mol. The van der Waals surface area contributed by atoms with E-state index in [9.17, 15) is 13.2 Å². The Morgan fingerprint density at radius 1 is 1.22 bits per heavy atom.